The number of hydrogen-bond acceptors (Lipinski definition) is 5. The molecule has 0 aromatic heterocycles. The van der Waals surface area contributed by atoms with E-state index in [1.807, 2.05) is 0 Å². The fourth-order valence-corrected chi connectivity index (χ4v) is 3.24. The predicted octanol–water partition coefficient (Wildman–Crippen LogP) is -0.404. The zero-order valence-electron chi connectivity index (χ0n) is 10.2. The van der Waals surface area contributed by atoms with Crippen molar-refractivity contribution in [1.29, 1.82) is 0 Å². The molecule has 0 aromatic rings. The number of hydrogen-bond donors (Lipinski definition) is 2. The molecule has 17 heavy (non-hydrogen) atoms. The van der Waals surface area contributed by atoms with Crippen LogP contribution in [0, 0.1) is 5.92 Å². The second-order valence-electron chi connectivity index (χ2n) is 4.64. The average molecular weight is 264 g/mol. The van der Waals surface area contributed by atoms with Crippen molar-refractivity contribution in [2.75, 3.05) is 19.4 Å². The maximum Gasteiger partial charge on any atom is 0.306 e. The molecule has 0 bridgehead atoms. The molecule has 0 amide bonds. The highest BCUT2D eigenvalue weighted by Crippen LogP contribution is 2.39. The number of nitrogens with one attached hydrogen (secondary N) is 1. The Balaban J connectivity index is 2.56. The van der Waals surface area contributed by atoms with Crippen molar-refractivity contribution in [3.8, 4) is 0 Å². The quantitative estimate of drug-likeness (QED) is 0.609. The number of carbonyl (C=O) groups excluding carboxylic acids is 1. The standard InChI is InChI=1S/C10H20N2O4S/c1-10(7-11,8-3-4-8)12-17(14,15)6-5-9(13)16-2/h8,12H,3-7,11H2,1-2H3. The van der Waals surface area contributed by atoms with Crippen LogP contribution in [0.4, 0.5) is 0 Å². The molecule has 1 atom stereocenters. The van der Waals surface area contributed by atoms with E-state index in [0.717, 1.165) is 12.8 Å². The summed E-state index contributed by atoms with van der Waals surface area (Å²) in [5, 5.41) is 0. The number of methoxy groups -OCH3 is 1. The van der Waals surface area contributed by atoms with Gasteiger partial charge in [-0.15, -0.1) is 0 Å². The van der Waals surface area contributed by atoms with Crippen molar-refractivity contribution in [3.05, 3.63) is 0 Å². The van der Waals surface area contributed by atoms with Gasteiger partial charge in [-0.05, 0) is 25.7 Å². The van der Waals surface area contributed by atoms with Crippen LogP contribution < -0.4 is 10.5 Å². The van der Waals surface area contributed by atoms with E-state index in [0.29, 0.717) is 5.92 Å². The lowest BCUT2D eigenvalue weighted by Gasteiger charge is -2.28. The SMILES string of the molecule is COC(=O)CCS(=O)(=O)NC(C)(CN)C1CC1. The minimum Gasteiger partial charge on any atom is -0.469 e. The number of carbonyl (C=O) groups is 1. The Morgan fingerprint density at radius 3 is 2.53 bits per heavy atom. The minimum atomic E-state index is -3.49. The van der Waals surface area contributed by atoms with Gasteiger partial charge in [-0.2, -0.15) is 0 Å². The van der Waals surface area contributed by atoms with Gasteiger partial charge in [-0.3, -0.25) is 4.79 Å². The van der Waals surface area contributed by atoms with Gasteiger partial charge in [0.2, 0.25) is 10.0 Å². The summed E-state index contributed by atoms with van der Waals surface area (Å²) in [5.74, 6) is -0.487. The molecule has 0 radical (unpaired) electrons. The molecular formula is C10H20N2O4S. The monoisotopic (exact) mass is 264 g/mol. The lowest BCUT2D eigenvalue weighted by atomic mass is 9.98. The molecule has 6 nitrogen and oxygen atoms in total. The molecule has 1 aliphatic carbocycles. The summed E-state index contributed by atoms with van der Waals surface area (Å²) in [6.45, 7) is 2.06. The first-order valence-electron chi connectivity index (χ1n) is 5.61. The third kappa shape index (κ3) is 4.25. The van der Waals surface area contributed by atoms with Crippen LogP contribution in [-0.4, -0.2) is 39.3 Å². The topological polar surface area (TPSA) is 98.5 Å². The molecule has 3 N–H and O–H groups in total. The van der Waals surface area contributed by atoms with Gasteiger partial charge in [0.15, 0.2) is 0 Å². The third-order valence-corrected chi connectivity index (χ3v) is 4.61. The molecule has 1 rings (SSSR count). The van der Waals surface area contributed by atoms with Crippen molar-refractivity contribution in [1.82, 2.24) is 4.72 Å². The van der Waals surface area contributed by atoms with Crippen LogP contribution in [0.5, 0.6) is 0 Å². The Kier molecular flexibility index (Phi) is 4.51. The van der Waals surface area contributed by atoms with E-state index in [9.17, 15) is 13.2 Å². The molecule has 1 unspecified atom stereocenters. The summed E-state index contributed by atoms with van der Waals surface area (Å²) in [7, 11) is -2.26. The van der Waals surface area contributed by atoms with Gasteiger partial charge in [0.1, 0.15) is 0 Å². The first-order valence-corrected chi connectivity index (χ1v) is 7.27. The van der Waals surface area contributed by atoms with Crippen LogP contribution in [0.15, 0.2) is 0 Å². The lowest BCUT2D eigenvalue weighted by molar-refractivity contribution is -0.140. The van der Waals surface area contributed by atoms with Crippen molar-refractivity contribution >= 4 is 16.0 Å². The van der Waals surface area contributed by atoms with Crippen molar-refractivity contribution in [2.45, 2.75) is 31.7 Å². The summed E-state index contributed by atoms with van der Waals surface area (Å²) >= 11 is 0. The maximum atomic E-state index is 11.8. The van der Waals surface area contributed by atoms with Gasteiger partial charge in [0, 0.05) is 12.1 Å². The van der Waals surface area contributed by atoms with Crippen LogP contribution in [0.2, 0.25) is 0 Å². The van der Waals surface area contributed by atoms with Crippen LogP contribution >= 0.6 is 0 Å². The highest BCUT2D eigenvalue weighted by Gasteiger charge is 2.42. The Morgan fingerprint density at radius 1 is 1.53 bits per heavy atom. The number of sulfonamides is 1. The Hall–Kier alpha value is -0.660. The number of rotatable bonds is 7. The third-order valence-electron chi connectivity index (χ3n) is 3.09. The van der Waals surface area contributed by atoms with Crippen LogP contribution in [0.3, 0.4) is 0 Å². The van der Waals surface area contributed by atoms with Crippen molar-refractivity contribution < 1.29 is 17.9 Å². The normalized spacial score (nSPS) is 19.7. The fraction of sp³-hybridized carbons (Fsp3) is 0.900. The average Bonchev–Trinajstić information content (AvgIpc) is 3.09. The molecule has 7 heteroatoms. The fourth-order valence-electron chi connectivity index (χ4n) is 1.74. The largest absolute Gasteiger partial charge is 0.469 e. The van der Waals surface area contributed by atoms with Crippen LogP contribution in [-0.2, 0) is 19.6 Å². The molecule has 1 aliphatic rings. The van der Waals surface area contributed by atoms with Gasteiger partial charge >= 0.3 is 5.97 Å². The second kappa shape index (κ2) is 5.32. The summed E-state index contributed by atoms with van der Waals surface area (Å²) < 4.78 is 30.6. The summed E-state index contributed by atoms with van der Waals surface area (Å²) in [4.78, 5) is 10.9. The summed E-state index contributed by atoms with van der Waals surface area (Å²) in [6, 6.07) is 0. The van der Waals surface area contributed by atoms with E-state index in [4.69, 9.17) is 5.73 Å². The molecule has 0 aromatic carbocycles. The van der Waals surface area contributed by atoms with Gasteiger partial charge < -0.3 is 10.5 Å². The predicted molar refractivity (Wildman–Crippen MR) is 63.7 cm³/mol. The molecular weight excluding hydrogens is 244 g/mol. The molecule has 0 spiro atoms. The number of nitrogens with two attached hydrogens (primary N) is 1. The number of ether oxygens (including phenoxy) is 1. The van der Waals surface area contributed by atoms with Gasteiger partial charge in [-0.1, -0.05) is 0 Å². The van der Waals surface area contributed by atoms with E-state index in [1.54, 1.807) is 6.92 Å². The first kappa shape index (κ1) is 14.4. The highest BCUT2D eigenvalue weighted by molar-refractivity contribution is 7.89. The molecule has 0 saturated heterocycles. The van der Waals surface area contributed by atoms with Crippen LogP contribution in [0.25, 0.3) is 0 Å². The van der Waals surface area contributed by atoms with Gasteiger partial charge in [0.25, 0.3) is 0 Å². The molecule has 1 saturated carbocycles. The van der Waals surface area contributed by atoms with E-state index >= 15 is 0 Å². The second-order valence-corrected chi connectivity index (χ2v) is 6.48. The highest BCUT2D eigenvalue weighted by atomic mass is 32.2. The lowest BCUT2D eigenvalue weighted by Crippen LogP contribution is -2.53. The number of esters is 1. The van der Waals surface area contributed by atoms with Gasteiger partial charge in [-0.25, -0.2) is 13.1 Å². The molecule has 1 fully saturated rings. The zero-order chi connectivity index (χ0) is 13.1. The van der Waals surface area contributed by atoms with E-state index in [-0.39, 0.29) is 18.7 Å². The van der Waals surface area contributed by atoms with Crippen molar-refractivity contribution in [2.24, 2.45) is 11.7 Å². The van der Waals surface area contributed by atoms with Crippen LogP contribution in [0.1, 0.15) is 26.2 Å². The Bertz CT molecular complexity index is 378. The van der Waals surface area contributed by atoms with Crippen molar-refractivity contribution in [3.63, 3.8) is 0 Å². The molecule has 100 valence electrons. The summed E-state index contributed by atoms with van der Waals surface area (Å²) in [6.07, 6.45) is 1.84. The minimum absolute atomic E-state index is 0.142. The van der Waals surface area contributed by atoms with E-state index in [2.05, 4.69) is 9.46 Å². The van der Waals surface area contributed by atoms with E-state index < -0.39 is 21.5 Å². The molecule has 0 aliphatic heterocycles. The van der Waals surface area contributed by atoms with E-state index in [1.165, 1.54) is 7.11 Å². The molecule has 0 heterocycles. The smallest absolute Gasteiger partial charge is 0.306 e. The van der Waals surface area contributed by atoms with Gasteiger partial charge in [0.05, 0.1) is 19.3 Å². The first-order chi connectivity index (χ1) is 7.83. The Labute approximate surface area is 102 Å². The summed E-state index contributed by atoms with van der Waals surface area (Å²) in [5.41, 5.74) is 5.03. The zero-order valence-corrected chi connectivity index (χ0v) is 11.0. The maximum absolute atomic E-state index is 11.8. The Morgan fingerprint density at radius 2 is 2.12 bits per heavy atom.